The van der Waals surface area contributed by atoms with E-state index in [0.29, 0.717) is 40.1 Å². The molecule has 0 spiro atoms. The second kappa shape index (κ2) is 11.0. The molecule has 1 aliphatic heterocycles. The van der Waals surface area contributed by atoms with Crippen LogP contribution in [0.5, 0.6) is 11.5 Å². The number of aromatic nitrogens is 1. The van der Waals surface area contributed by atoms with E-state index in [9.17, 15) is 35.9 Å². The minimum atomic E-state index is -5.05. The normalized spacial score (nSPS) is 13.3. The highest BCUT2D eigenvalue weighted by Gasteiger charge is 2.37. The smallest absolute Gasteiger partial charge is 0.416 e. The fourth-order valence-electron chi connectivity index (χ4n) is 5.20. The number of hydrogen-bond acceptors (Lipinski definition) is 4. The van der Waals surface area contributed by atoms with Crippen LogP contribution in [0.1, 0.15) is 40.9 Å². The van der Waals surface area contributed by atoms with E-state index in [-0.39, 0.29) is 36.4 Å². The van der Waals surface area contributed by atoms with Crippen LogP contribution < -0.4 is 15.0 Å². The van der Waals surface area contributed by atoms with E-state index in [4.69, 9.17) is 9.47 Å². The van der Waals surface area contributed by atoms with Gasteiger partial charge in [0.1, 0.15) is 23.7 Å². The summed E-state index contributed by atoms with van der Waals surface area (Å²) in [6.45, 7) is 3.34. The van der Waals surface area contributed by atoms with Crippen molar-refractivity contribution in [3.63, 3.8) is 0 Å². The first-order chi connectivity index (χ1) is 20.1. The second-order valence-corrected chi connectivity index (χ2v) is 10.5. The van der Waals surface area contributed by atoms with Gasteiger partial charge in [-0.15, -0.1) is 0 Å². The van der Waals surface area contributed by atoms with Crippen LogP contribution in [0.3, 0.4) is 0 Å². The van der Waals surface area contributed by atoms with Gasteiger partial charge in [-0.05, 0) is 61.4 Å². The molecule has 0 aliphatic carbocycles. The Bertz CT molecular complexity index is 1740. The number of carbonyl (C=O) groups excluding carboxylic acids is 1. The van der Waals surface area contributed by atoms with Gasteiger partial charge in [-0.1, -0.05) is 24.3 Å². The van der Waals surface area contributed by atoms with Crippen LogP contribution >= 0.6 is 0 Å². The van der Waals surface area contributed by atoms with E-state index >= 15 is 0 Å². The molecule has 0 radical (unpaired) electrons. The lowest BCUT2D eigenvalue weighted by molar-refractivity contribution is -0.143. The second-order valence-electron chi connectivity index (χ2n) is 10.5. The number of benzene rings is 3. The van der Waals surface area contributed by atoms with Gasteiger partial charge in [-0.25, -0.2) is 0 Å². The molecule has 1 aromatic heterocycles. The van der Waals surface area contributed by atoms with Gasteiger partial charge in [0.2, 0.25) is 0 Å². The van der Waals surface area contributed by atoms with Gasteiger partial charge in [0, 0.05) is 24.5 Å². The summed E-state index contributed by atoms with van der Waals surface area (Å²) in [5.41, 5.74) is -3.16. The van der Waals surface area contributed by atoms with E-state index in [1.54, 1.807) is 42.5 Å². The summed E-state index contributed by atoms with van der Waals surface area (Å²) in [6, 6.07) is 13.0. The van der Waals surface area contributed by atoms with Crippen molar-refractivity contribution in [3.8, 4) is 22.6 Å². The zero-order valence-electron chi connectivity index (χ0n) is 23.3. The molecule has 3 aromatic carbocycles. The molecule has 43 heavy (non-hydrogen) atoms. The lowest BCUT2D eigenvalue weighted by Crippen LogP contribution is -2.37. The Balaban J connectivity index is 1.67. The lowest BCUT2D eigenvalue weighted by Gasteiger charge is -2.26. The van der Waals surface area contributed by atoms with Crippen molar-refractivity contribution in [2.45, 2.75) is 45.4 Å². The highest BCUT2D eigenvalue weighted by atomic mass is 19.4. The number of carbonyl (C=O) groups is 1. The molecule has 12 heteroatoms. The Labute approximate surface area is 242 Å². The SMILES string of the molecule is CC(C)Oc1cccc(-c2c(C(=O)N(C)Cc3cc(C(F)(F)F)cc(C(F)(F)F)c3)c(=O)n3c4c(cccc24)OCC3)c1. The third-order valence-corrected chi connectivity index (χ3v) is 6.94. The van der Waals surface area contributed by atoms with Gasteiger partial charge in [-0.2, -0.15) is 26.3 Å². The lowest BCUT2D eigenvalue weighted by atomic mass is 9.94. The summed E-state index contributed by atoms with van der Waals surface area (Å²) in [6.07, 6.45) is -10.3. The molecule has 0 atom stereocenters. The Kier molecular flexibility index (Phi) is 7.66. The van der Waals surface area contributed by atoms with E-state index in [1.807, 2.05) is 13.8 Å². The molecular weight excluding hydrogens is 578 g/mol. The molecule has 0 saturated carbocycles. The van der Waals surface area contributed by atoms with Gasteiger partial charge in [0.25, 0.3) is 11.5 Å². The molecular formula is C31H26F6N2O4. The molecule has 0 N–H and O–H groups in total. The Morgan fingerprint density at radius 1 is 0.977 bits per heavy atom. The molecule has 0 unspecified atom stereocenters. The number of para-hydroxylation sites is 1. The van der Waals surface area contributed by atoms with Crippen LogP contribution in [-0.4, -0.2) is 35.1 Å². The third-order valence-electron chi connectivity index (χ3n) is 6.94. The molecule has 4 aromatic rings. The summed E-state index contributed by atoms with van der Waals surface area (Å²) >= 11 is 0. The highest BCUT2D eigenvalue weighted by Crippen LogP contribution is 2.39. The number of nitrogens with zero attached hydrogens (tertiary/aromatic N) is 2. The van der Waals surface area contributed by atoms with Gasteiger partial charge in [0.15, 0.2) is 0 Å². The van der Waals surface area contributed by atoms with Crippen LogP contribution in [0, 0.1) is 0 Å². The summed E-state index contributed by atoms with van der Waals surface area (Å²) in [5, 5.41) is 0.508. The Hall–Kier alpha value is -4.48. The predicted octanol–water partition coefficient (Wildman–Crippen LogP) is 7.16. The number of rotatable bonds is 6. The predicted molar refractivity (Wildman–Crippen MR) is 147 cm³/mol. The largest absolute Gasteiger partial charge is 0.491 e. The first-order valence-electron chi connectivity index (χ1n) is 13.3. The number of hydrogen-bond donors (Lipinski definition) is 0. The molecule has 0 saturated heterocycles. The Morgan fingerprint density at radius 2 is 1.63 bits per heavy atom. The minimum Gasteiger partial charge on any atom is -0.491 e. The van der Waals surface area contributed by atoms with Gasteiger partial charge < -0.3 is 18.9 Å². The van der Waals surface area contributed by atoms with E-state index in [2.05, 4.69) is 0 Å². The molecule has 1 aliphatic rings. The molecule has 6 nitrogen and oxygen atoms in total. The maximum absolute atomic E-state index is 14.0. The van der Waals surface area contributed by atoms with Gasteiger partial charge in [-0.3, -0.25) is 9.59 Å². The van der Waals surface area contributed by atoms with E-state index < -0.39 is 47.1 Å². The number of halogens is 6. The summed E-state index contributed by atoms with van der Waals surface area (Å²) in [4.78, 5) is 28.9. The molecule has 0 fully saturated rings. The number of ether oxygens (including phenoxy) is 2. The van der Waals surface area contributed by atoms with Crippen LogP contribution in [0.2, 0.25) is 0 Å². The quantitative estimate of drug-likeness (QED) is 0.219. The summed E-state index contributed by atoms with van der Waals surface area (Å²) < 4.78 is 93.7. The van der Waals surface area contributed by atoms with Crippen molar-refractivity contribution in [2.75, 3.05) is 13.7 Å². The average Bonchev–Trinajstić information content (AvgIpc) is 2.93. The summed E-state index contributed by atoms with van der Waals surface area (Å²) in [5.74, 6) is 0.0381. The number of pyridine rings is 1. The highest BCUT2D eigenvalue weighted by molar-refractivity contribution is 6.10. The Morgan fingerprint density at radius 3 is 2.26 bits per heavy atom. The molecule has 1 amide bonds. The fourth-order valence-corrected chi connectivity index (χ4v) is 5.20. The van der Waals surface area contributed by atoms with Crippen molar-refractivity contribution in [1.29, 1.82) is 0 Å². The number of alkyl halides is 6. The van der Waals surface area contributed by atoms with Crippen LogP contribution in [-0.2, 0) is 25.4 Å². The van der Waals surface area contributed by atoms with Gasteiger partial charge >= 0.3 is 12.4 Å². The molecule has 2 heterocycles. The fraction of sp³-hybridized carbons (Fsp3) is 0.290. The molecule has 226 valence electrons. The summed E-state index contributed by atoms with van der Waals surface area (Å²) in [7, 11) is 1.22. The van der Waals surface area contributed by atoms with Crippen molar-refractivity contribution in [2.24, 2.45) is 0 Å². The van der Waals surface area contributed by atoms with Crippen molar-refractivity contribution >= 4 is 16.8 Å². The zero-order valence-corrected chi connectivity index (χ0v) is 23.3. The topological polar surface area (TPSA) is 60.8 Å². The minimum absolute atomic E-state index is 0.0236. The standard InChI is InChI=1S/C31H26F6N2O4/c1-17(2)43-22-7-4-6-19(14-22)25-23-8-5-9-24-27(23)39(10-11-42-24)29(41)26(25)28(40)38(3)16-18-12-20(30(32,33)34)15-21(13-18)31(35,36)37/h4-9,12-15,17H,10-11,16H2,1-3H3. The van der Waals surface area contributed by atoms with Crippen molar-refractivity contribution in [3.05, 3.63) is 93.3 Å². The van der Waals surface area contributed by atoms with Gasteiger partial charge in [0.05, 0.1) is 29.3 Å². The average molecular weight is 605 g/mol. The first kappa shape index (κ1) is 30.0. The monoisotopic (exact) mass is 604 g/mol. The maximum atomic E-state index is 14.0. The van der Waals surface area contributed by atoms with E-state index in [0.717, 1.165) is 4.90 Å². The first-order valence-corrected chi connectivity index (χ1v) is 13.3. The molecule has 0 bridgehead atoms. The molecule has 5 rings (SSSR count). The van der Waals surface area contributed by atoms with Crippen LogP contribution in [0.4, 0.5) is 26.3 Å². The van der Waals surface area contributed by atoms with E-state index in [1.165, 1.54) is 11.6 Å². The zero-order chi connectivity index (χ0) is 31.3. The maximum Gasteiger partial charge on any atom is 0.416 e. The van der Waals surface area contributed by atoms with Crippen molar-refractivity contribution < 1.29 is 40.6 Å². The number of amides is 1. The third kappa shape index (κ3) is 5.91. The van der Waals surface area contributed by atoms with Crippen LogP contribution in [0.15, 0.2) is 65.5 Å². The van der Waals surface area contributed by atoms with Crippen molar-refractivity contribution in [1.82, 2.24) is 9.47 Å². The van der Waals surface area contributed by atoms with Crippen LogP contribution in [0.25, 0.3) is 22.0 Å².